The number of methoxy groups -OCH3 is 1. The summed E-state index contributed by atoms with van der Waals surface area (Å²) in [6.07, 6.45) is -3.64. The van der Waals surface area contributed by atoms with Gasteiger partial charge in [-0.2, -0.15) is 9.78 Å². The smallest absolute Gasteiger partial charge is 0.493 e. The largest absolute Gasteiger partial charge is 0.573 e. The van der Waals surface area contributed by atoms with E-state index in [1.807, 2.05) is 0 Å². The number of amides is 2. The molecule has 1 aromatic heterocycles. The summed E-state index contributed by atoms with van der Waals surface area (Å²) in [4.78, 5) is 24.4. The van der Waals surface area contributed by atoms with Gasteiger partial charge in [0.25, 0.3) is 0 Å². The van der Waals surface area contributed by atoms with Crippen molar-refractivity contribution in [2.75, 3.05) is 19.0 Å². The van der Waals surface area contributed by atoms with E-state index in [4.69, 9.17) is 4.74 Å². The van der Waals surface area contributed by atoms with Crippen LogP contribution in [0.4, 0.5) is 28.4 Å². The van der Waals surface area contributed by atoms with Crippen molar-refractivity contribution in [3.05, 3.63) is 48.2 Å². The van der Waals surface area contributed by atoms with Gasteiger partial charge in [0.15, 0.2) is 0 Å². The third-order valence-electron chi connectivity index (χ3n) is 4.77. The van der Waals surface area contributed by atoms with Gasteiger partial charge in [-0.1, -0.05) is 6.07 Å². The predicted molar refractivity (Wildman–Crippen MR) is 106 cm³/mol. The number of fused-ring (bicyclic) bond motifs is 2. The SMILES string of the molecule is COC(=O)n1ncc2c(NC(=O)NC3CCOc4cc(OC(F)(F)F)ccc43)cccc21. The average Bonchev–Trinajstić information content (AvgIpc) is 3.17. The van der Waals surface area contributed by atoms with Crippen molar-refractivity contribution in [2.24, 2.45) is 0 Å². The van der Waals surface area contributed by atoms with E-state index in [1.54, 1.807) is 18.2 Å². The lowest BCUT2D eigenvalue weighted by Gasteiger charge is -2.27. The summed E-state index contributed by atoms with van der Waals surface area (Å²) in [5.74, 6) is -0.208. The van der Waals surface area contributed by atoms with Crippen molar-refractivity contribution < 1.29 is 37.0 Å². The monoisotopic (exact) mass is 450 g/mol. The molecule has 0 spiro atoms. The summed E-state index contributed by atoms with van der Waals surface area (Å²) in [7, 11) is 1.23. The van der Waals surface area contributed by atoms with Crippen LogP contribution >= 0.6 is 0 Å². The Balaban J connectivity index is 1.50. The van der Waals surface area contributed by atoms with Gasteiger partial charge >= 0.3 is 18.5 Å². The first-order valence-electron chi connectivity index (χ1n) is 9.40. The van der Waals surface area contributed by atoms with Gasteiger partial charge in [0, 0.05) is 23.4 Å². The molecule has 2 amide bonds. The molecule has 3 aromatic rings. The molecular weight excluding hydrogens is 433 g/mol. The highest BCUT2D eigenvalue weighted by Crippen LogP contribution is 2.36. The number of ether oxygens (including phenoxy) is 3. The Hall–Kier alpha value is -3.96. The van der Waals surface area contributed by atoms with Crippen LogP contribution in [0.25, 0.3) is 10.9 Å². The second-order valence-corrected chi connectivity index (χ2v) is 6.80. The van der Waals surface area contributed by atoms with Gasteiger partial charge in [0.2, 0.25) is 0 Å². The Bertz CT molecular complexity index is 1180. The number of hydrogen-bond acceptors (Lipinski definition) is 6. The molecular formula is C20H17F3N4O5. The van der Waals surface area contributed by atoms with E-state index in [2.05, 4.69) is 25.2 Å². The van der Waals surface area contributed by atoms with Crippen LogP contribution in [-0.4, -0.2) is 42.0 Å². The molecule has 1 aliphatic rings. The van der Waals surface area contributed by atoms with E-state index in [0.717, 1.165) is 16.8 Å². The molecule has 4 rings (SSSR count). The van der Waals surface area contributed by atoms with Crippen LogP contribution in [0.3, 0.4) is 0 Å². The maximum Gasteiger partial charge on any atom is 0.573 e. The number of nitrogens with zero attached hydrogens (tertiary/aromatic N) is 2. The number of alkyl halides is 3. The fourth-order valence-electron chi connectivity index (χ4n) is 3.43. The molecule has 32 heavy (non-hydrogen) atoms. The average molecular weight is 450 g/mol. The first-order chi connectivity index (χ1) is 15.2. The number of urea groups is 1. The van der Waals surface area contributed by atoms with Crippen molar-refractivity contribution in [1.82, 2.24) is 15.1 Å². The van der Waals surface area contributed by atoms with E-state index < -0.39 is 30.3 Å². The number of halogens is 3. The number of benzene rings is 2. The lowest BCUT2D eigenvalue weighted by molar-refractivity contribution is -0.274. The summed E-state index contributed by atoms with van der Waals surface area (Å²) in [5, 5.41) is 9.99. The molecule has 12 heteroatoms. The van der Waals surface area contributed by atoms with Gasteiger partial charge in [-0.25, -0.2) is 9.59 Å². The van der Waals surface area contributed by atoms with Crippen molar-refractivity contribution in [1.29, 1.82) is 0 Å². The molecule has 9 nitrogen and oxygen atoms in total. The number of carbonyl (C=O) groups excluding carboxylic acids is 2. The molecule has 0 fully saturated rings. The van der Waals surface area contributed by atoms with Crippen molar-refractivity contribution in [3.8, 4) is 11.5 Å². The third-order valence-corrected chi connectivity index (χ3v) is 4.77. The summed E-state index contributed by atoms with van der Waals surface area (Å²) in [6, 6.07) is 7.62. The molecule has 1 atom stereocenters. The normalized spacial score (nSPS) is 15.4. The first kappa shape index (κ1) is 21.3. The van der Waals surface area contributed by atoms with E-state index in [-0.39, 0.29) is 12.4 Å². The van der Waals surface area contributed by atoms with E-state index in [9.17, 15) is 22.8 Å². The molecule has 0 aliphatic carbocycles. The van der Waals surface area contributed by atoms with Gasteiger partial charge in [-0.3, -0.25) is 0 Å². The second-order valence-electron chi connectivity index (χ2n) is 6.80. The molecule has 0 saturated heterocycles. The van der Waals surface area contributed by atoms with Gasteiger partial charge in [0.1, 0.15) is 11.5 Å². The van der Waals surface area contributed by atoms with Crippen molar-refractivity contribution in [3.63, 3.8) is 0 Å². The standard InChI is InChI=1S/C20H17F3N4O5/c1-30-19(29)27-16-4-2-3-14(13(16)10-24-27)25-18(28)26-15-7-8-31-17-9-11(5-6-12(15)17)32-20(21,22)23/h2-6,9-10,15H,7-8H2,1H3,(H2,25,26,28). The summed E-state index contributed by atoms with van der Waals surface area (Å²) >= 11 is 0. The predicted octanol–water partition coefficient (Wildman–Crippen LogP) is 4.19. The third kappa shape index (κ3) is 4.38. The molecule has 2 heterocycles. The summed E-state index contributed by atoms with van der Waals surface area (Å²) in [6.45, 7) is 0.203. The minimum Gasteiger partial charge on any atom is -0.493 e. The highest BCUT2D eigenvalue weighted by molar-refractivity contribution is 6.02. The molecule has 1 aliphatic heterocycles. The molecule has 0 bridgehead atoms. The van der Waals surface area contributed by atoms with Crippen LogP contribution < -0.4 is 20.1 Å². The van der Waals surface area contributed by atoms with Crippen LogP contribution in [0, 0.1) is 0 Å². The summed E-state index contributed by atoms with van der Waals surface area (Å²) < 4.78 is 52.4. The lowest BCUT2D eigenvalue weighted by atomic mass is 10.0. The highest BCUT2D eigenvalue weighted by atomic mass is 19.4. The van der Waals surface area contributed by atoms with Crippen LogP contribution in [-0.2, 0) is 4.74 Å². The number of carbonyl (C=O) groups is 2. The second kappa shape index (κ2) is 8.29. The quantitative estimate of drug-likeness (QED) is 0.620. The van der Waals surface area contributed by atoms with E-state index in [1.165, 1.54) is 19.4 Å². The number of rotatable bonds is 3. The first-order valence-corrected chi connectivity index (χ1v) is 9.40. The minimum absolute atomic E-state index is 0.199. The molecule has 2 N–H and O–H groups in total. The Morgan fingerprint density at radius 3 is 2.81 bits per heavy atom. The Morgan fingerprint density at radius 1 is 1.25 bits per heavy atom. The number of nitrogens with one attached hydrogen (secondary N) is 2. The maximum absolute atomic E-state index is 12.6. The van der Waals surface area contributed by atoms with Gasteiger partial charge in [0.05, 0.1) is 37.2 Å². The van der Waals surface area contributed by atoms with Gasteiger partial charge in [-0.05, 0) is 24.3 Å². The number of anilines is 1. The molecule has 0 radical (unpaired) electrons. The van der Waals surface area contributed by atoms with E-state index in [0.29, 0.717) is 28.6 Å². The number of aromatic nitrogens is 2. The summed E-state index contributed by atoms with van der Waals surface area (Å²) in [5.41, 5.74) is 1.39. The van der Waals surface area contributed by atoms with Crippen LogP contribution in [0.15, 0.2) is 42.6 Å². The highest BCUT2D eigenvalue weighted by Gasteiger charge is 2.32. The van der Waals surface area contributed by atoms with Crippen LogP contribution in [0.1, 0.15) is 18.0 Å². The maximum atomic E-state index is 12.6. The zero-order chi connectivity index (χ0) is 22.9. The molecule has 168 valence electrons. The van der Waals surface area contributed by atoms with Gasteiger partial charge < -0.3 is 24.8 Å². The molecule has 0 saturated carbocycles. The number of hydrogen-bond donors (Lipinski definition) is 2. The fourth-order valence-corrected chi connectivity index (χ4v) is 3.43. The Kier molecular flexibility index (Phi) is 5.51. The van der Waals surface area contributed by atoms with E-state index >= 15 is 0 Å². The molecule has 2 aromatic carbocycles. The topological polar surface area (TPSA) is 104 Å². The van der Waals surface area contributed by atoms with Gasteiger partial charge in [-0.15, -0.1) is 13.2 Å². The molecule has 1 unspecified atom stereocenters. The van der Waals surface area contributed by atoms with Crippen molar-refractivity contribution in [2.45, 2.75) is 18.8 Å². The van der Waals surface area contributed by atoms with Crippen LogP contribution in [0.5, 0.6) is 11.5 Å². The van der Waals surface area contributed by atoms with Crippen molar-refractivity contribution >= 4 is 28.7 Å². The zero-order valence-electron chi connectivity index (χ0n) is 16.6. The zero-order valence-corrected chi connectivity index (χ0v) is 16.6. The Morgan fingerprint density at radius 2 is 2.06 bits per heavy atom. The lowest BCUT2D eigenvalue weighted by Crippen LogP contribution is -2.35. The minimum atomic E-state index is -4.82. The fraction of sp³-hybridized carbons (Fsp3) is 0.250. The van der Waals surface area contributed by atoms with Crippen LogP contribution in [0.2, 0.25) is 0 Å². The Labute approximate surface area is 179 Å².